The minimum Gasteiger partial charge on any atom is -0.444 e. The van der Waals surface area contributed by atoms with Crippen molar-refractivity contribution in [1.82, 2.24) is 20.9 Å². The van der Waals surface area contributed by atoms with Crippen LogP contribution in [-0.4, -0.2) is 67.0 Å². The van der Waals surface area contributed by atoms with Crippen molar-refractivity contribution in [3.63, 3.8) is 0 Å². The molecule has 3 N–H and O–H groups in total. The number of hydrogen-bond acceptors (Lipinski definition) is 5. The van der Waals surface area contributed by atoms with Crippen LogP contribution in [0, 0.1) is 5.92 Å². The Bertz CT molecular complexity index is 840. The van der Waals surface area contributed by atoms with Gasteiger partial charge in [-0.05, 0) is 51.8 Å². The highest BCUT2D eigenvalue weighted by Gasteiger charge is 2.28. The van der Waals surface area contributed by atoms with Crippen LogP contribution in [0.1, 0.15) is 44.0 Å². The van der Waals surface area contributed by atoms with Crippen LogP contribution in [0.5, 0.6) is 0 Å². The lowest BCUT2D eigenvalue weighted by molar-refractivity contribution is -0.134. The molecule has 4 amide bonds. The molecule has 32 heavy (non-hydrogen) atoms. The van der Waals surface area contributed by atoms with Crippen molar-refractivity contribution in [2.45, 2.75) is 39.2 Å². The van der Waals surface area contributed by atoms with Crippen molar-refractivity contribution in [2.24, 2.45) is 5.92 Å². The first kappa shape index (κ1) is 25.5. The minimum absolute atomic E-state index is 0.153. The fourth-order valence-electron chi connectivity index (χ4n) is 3.23. The summed E-state index contributed by atoms with van der Waals surface area (Å²) in [6, 6.07) is 6.47. The molecule has 1 saturated heterocycles. The van der Waals surface area contributed by atoms with E-state index in [1.165, 1.54) is 6.07 Å². The highest BCUT2D eigenvalue weighted by Crippen LogP contribution is 2.17. The molecule has 1 aromatic carbocycles. The molecule has 176 valence electrons. The van der Waals surface area contributed by atoms with Crippen molar-refractivity contribution in [3.8, 4) is 0 Å². The number of piperidine rings is 1. The van der Waals surface area contributed by atoms with Crippen molar-refractivity contribution >= 4 is 35.4 Å². The molecule has 9 nitrogen and oxygen atoms in total. The number of carbonyl (C=O) groups is 4. The predicted molar refractivity (Wildman–Crippen MR) is 120 cm³/mol. The molecule has 1 aliphatic heterocycles. The number of nitrogens with one attached hydrogen (secondary N) is 3. The van der Waals surface area contributed by atoms with E-state index in [-0.39, 0.29) is 49.8 Å². The lowest BCUT2D eigenvalue weighted by Crippen LogP contribution is -2.49. The summed E-state index contributed by atoms with van der Waals surface area (Å²) in [5.74, 6) is -1.14. The highest BCUT2D eigenvalue weighted by atomic mass is 35.5. The first-order valence-electron chi connectivity index (χ1n) is 10.6. The fraction of sp³-hybridized carbons (Fsp3) is 0.545. The molecule has 0 radical (unpaired) electrons. The van der Waals surface area contributed by atoms with Crippen molar-refractivity contribution in [3.05, 3.63) is 34.9 Å². The largest absolute Gasteiger partial charge is 0.444 e. The molecule has 1 aliphatic rings. The standard InChI is InChI=1S/C22H31ClN4O5/c1-22(2,3)32-21(31)25-10-9-24-20(30)16-7-5-11-27(14-16)18(28)13-26-19(29)15-6-4-8-17(23)12-15/h4,6,8,12,16H,5,7,9-11,13-14H2,1-3H3,(H,24,30)(H,25,31)(H,26,29). The van der Waals surface area contributed by atoms with E-state index < -0.39 is 11.7 Å². The Balaban J connectivity index is 1.72. The van der Waals surface area contributed by atoms with Gasteiger partial charge in [-0.2, -0.15) is 0 Å². The van der Waals surface area contributed by atoms with E-state index in [4.69, 9.17) is 16.3 Å². The van der Waals surface area contributed by atoms with Gasteiger partial charge < -0.3 is 25.6 Å². The molecule has 1 atom stereocenters. The number of halogens is 1. The molecular weight excluding hydrogens is 436 g/mol. The lowest BCUT2D eigenvalue weighted by atomic mass is 9.97. The number of rotatable bonds is 7. The van der Waals surface area contributed by atoms with Gasteiger partial charge in [0.1, 0.15) is 5.60 Å². The summed E-state index contributed by atoms with van der Waals surface area (Å²) in [5, 5.41) is 8.39. The van der Waals surface area contributed by atoms with Crippen molar-refractivity contribution in [1.29, 1.82) is 0 Å². The summed E-state index contributed by atoms with van der Waals surface area (Å²) in [6.07, 6.45) is 0.827. The first-order chi connectivity index (χ1) is 15.0. The minimum atomic E-state index is -0.584. The first-order valence-corrected chi connectivity index (χ1v) is 11.0. The van der Waals surface area contributed by atoms with E-state index >= 15 is 0 Å². The van der Waals surface area contributed by atoms with Crippen LogP contribution in [0.15, 0.2) is 24.3 Å². The quantitative estimate of drug-likeness (QED) is 0.531. The number of alkyl carbamates (subject to hydrolysis) is 1. The number of ether oxygens (including phenoxy) is 1. The third-order valence-corrected chi connectivity index (χ3v) is 4.96. The van der Waals surface area contributed by atoms with E-state index in [0.717, 1.165) is 0 Å². The van der Waals surface area contributed by atoms with Crippen molar-refractivity contribution in [2.75, 3.05) is 32.7 Å². The summed E-state index contributed by atoms with van der Waals surface area (Å²) in [7, 11) is 0. The lowest BCUT2D eigenvalue weighted by Gasteiger charge is -2.32. The van der Waals surface area contributed by atoms with E-state index in [9.17, 15) is 19.2 Å². The second-order valence-corrected chi connectivity index (χ2v) is 9.03. The van der Waals surface area contributed by atoms with Gasteiger partial charge in [-0.15, -0.1) is 0 Å². The third kappa shape index (κ3) is 8.74. The molecule has 10 heteroatoms. The van der Waals surface area contributed by atoms with Crippen LogP contribution in [0.3, 0.4) is 0 Å². The number of hydrogen-bond donors (Lipinski definition) is 3. The van der Waals surface area contributed by atoms with Gasteiger partial charge in [0.15, 0.2) is 0 Å². The fourth-order valence-corrected chi connectivity index (χ4v) is 3.42. The Morgan fingerprint density at radius 2 is 1.84 bits per heavy atom. The monoisotopic (exact) mass is 466 g/mol. The van der Waals surface area contributed by atoms with Crippen LogP contribution >= 0.6 is 11.6 Å². The summed E-state index contributed by atoms with van der Waals surface area (Å²) in [5.41, 5.74) is -0.208. The summed E-state index contributed by atoms with van der Waals surface area (Å²) in [6.45, 7) is 6.49. The van der Waals surface area contributed by atoms with Gasteiger partial charge in [-0.3, -0.25) is 14.4 Å². The number of carbonyl (C=O) groups excluding carboxylic acids is 4. The van der Waals surface area contributed by atoms with Gasteiger partial charge in [0.2, 0.25) is 11.8 Å². The molecule has 1 unspecified atom stereocenters. The van der Waals surface area contributed by atoms with E-state index in [2.05, 4.69) is 16.0 Å². The van der Waals surface area contributed by atoms with Gasteiger partial charge in [0, 0.05) is 36.8 Å². The van der Waals surface area contributed by atoms with E-state index in [1.807, 2.05) is 0 Å². The zero-order valence-corrected chi connectivity index (χ0v) is 19.5. The van der Waals surface area contributed by atoms with Gasteiger partial charge in [-0.25, -0.2) is 4.79 Å². The second kappa shape index (κ2) is 11.7. The Hall–Kier alpha value is -2.81. The van der Waals surface area contributed by atoms with E-state index in [1.54, 1.807) is 43.9 Å². The molecule has 0 saturated carbocycles. The molecule has 1 fully saturated rings. The molecule has 2 rings (SSSR count). The zero-order valence-electron chi connectivity index (χ0n) is 18.7. The number of nitrogens with zero attached hydrogens (tertiary/aromatic N) is 1. The van der Waals surface area contributed by atoms with Crippen LogP contribution in [0.2, 0.25) is 5.02 Å². The Labute approximate surface area is 193 Å². The molecule has 0 aliphatic carbocycles. The summed E-state index contributed by atoms with van der Waals surface area (Å²) < 4.78 is 5.13. The molecule has 0 spiro atoms. The zero-order chi connectivity index (χ0) is 23.7. The van der Waals surface area contributed by atoms with Gasteiger partial charge >= 0.3 is 6.09 Å². The maximum absolute atomic E-state index is 12.5. The van der Waals surface area contributed by atoms with E-state index in [0.29, 0.717) is 30.0 Å². The van der Waals surface area contributed by atoms with Gasteiger partial charge in [-0.1, -0.05) is 17.7 Å². The number of amides is 4. The second-order valence-electron chi connectivity index (χ2n) is 8.59. The molecule has 1 heterocycles. The maximum atomic E-state index is 12.5. The van der Waals surface area contributed by atoms with Crippen LogP contribution in [-0.2, 0) is 14.3 Å². The summed E-state index contributed by atoms with van der Waals surface area (Å²) >= 11 is 5.89. The average molecular weight is 467 g/mol. The highest BCUT2D eigenvalue weighted by molar-refractivity contribution is 6.31. The number of likely N-dealkylation sites (tertiary alicyclic amines) is 1. The smallest absolute Gasteiger partial charge is 0.407 e. The third-order valence-electron chi connectivity index (χ3n) is 4.72. The SMILES string of the molecule is CC(C)(C)OC(=O)NCCNC(=O)C1CCCN(C(=O)CNC(=O)c2cccc(Cl)c2)C1. The Morgan fingerprint density at radius 3 is 2.53 bits per heavy atom. The Morgan fingerprint density at radius 1 is 1.12 bits per heavy atom. The van der Waals surface area contributed by atoms with Crippen LogP contribution < -0.4 is 16.0 Å². The number of benzene rings is 1. The maximum Gasteiger partial charge on any atom is 0.407 e. The van der Waals surface area contributed by atoms with Gasteiger partial charge in [0.25, 0.3) is 5.91 Å². The molecule has 1 aromatic rings. The average Bonchev–Trinajstić information content (AvgIpc) is 2.73. The van der Waals surface area contributed by atoms with Crippen molar-refractivity contribution < 1.29 is 23.9 Å². The molecule has 0 aromatic heterocycles. The molecular formula is C22H31ClN4O5. The predicted octanol–water partition coefficient (Wildman–Crippen LogP) is 1.95. The molecule has 0 bridgehead atoms. The van der Waals surface area contributed by atoms with Gasteiger partial charge in [0.05, 0.1) is 12.5 Å². The Kier molecular flexibility index (Phi) is 9.31. The van der Waals surface area contributed by atoms with Crippen LogP contribution in [0.4, 0.5) is 4.79 Å². The topological polar surface area (TPSA) is 117 Å². The van der Waals surface area contributed by atoms with Crippen LogP contribution in [0.25, 0.3) is 0 Å². The summed E-state index contributed by atoms with van der Waals surface area (Å²) in [4.78, 5) is 50.3. The normalized spacial score (nSPS) is 16.1.